The molecule has 0 bridgehead atoms. The van der Waals surface area contributed by atoms with Crippen LogP contribution in [0, 0.1) is 20.8 Å². The van der Waals surface area contributed by atoms with E-state index in [9.17, 15) is 0 Å². The van der Waals surface area contributed by atoms with E-state index in [1.54, 1.807) is 0 Å². The van der Waals surface area contributed by atoms with E-state index in [0.29, 0.717) is 0 Å². The average molecular weight is 215 g/mol. The third kappa shape index (κ3) is 1.74. The molecule has 0 aliphatic carbocycles. The van der Waals surface area contributed by atoms with E-state index in [-0.39, 0.29) is 0 Å². The first kappa shape index (κ1) is 10.9. The smallest absolute Gasteiger partial charge is 0.141 e. The number of fused-ring (bicyclic) bond motifs is 1. The predicted molar refractivity (Wildman–Crippen MR) is 68.6 cm³/mol. The molecule has 16 heavy (non-hydrogen) atoms. The Morgan fingerprint density at radius 2 is 1.69 bits per heavy atom. The Bertz CT molecular complexity index is 532. The summed E-state index contributed by atoms with van der Waals surface area (Å²) >= 11 is 0. The van der Waals surface area contributed by atoms with Crippen LogP contribution >= 0.6 is 0 Å². The number of hydrogen-bond donors (Lipinski definition) is 2. The highest BCUT2D eigenvalue weighted by Gasteiger charge is 2.06. The Balaban J connectivity index is 2.76. The molecule has 0 aliphatic rings. The molecule has 1 aromatic carbocycles. The van der Waals surface area contributed by atoms with E-state index in [0.717, 1.165) is 11.3 Å². The summed E-state index contributed by atoms with van der Waals surface area (Å²) in [4.78, 5) is 4.61. The summed E-state index contributed by atoms with van der Waals surface area (Å²) in [6.45, 7) is 6.34. The van der Waals surface area contributed by atoms with Gasteiger partial charge in [-0.05, 0) is 43.5 Å². The molecular formula is C13H17N3. The molecule has 2 rings (SSSR count). The van der Waals surface area contributed by atoms with E-state index in [1.807, 2.05) is 7.05 Å². The molecule has 0 spiro atoms. The largest absolute Gasteiger partial charge is 0.306 e. The molecule has 3 heteroatoms. The van der Waals surface area contributed by atoms with Crippen LogP contribution in [0.5, 0.6) is 0 Å². The van der Waals surface area contributed by atoms with E-state index in [2.05, 4.69) is 54.8 Å². The highest BCUT2D eigenvalue weighted by molar-refractivity contribution is 5.89. The van der Waals surface area contributed by atoms with Gasteiger partial charge in [-0.25, -0.2) is 10.4 Å². The number of aromatic nitrogens is 1. The van der Waals surface area contributed by atoms with E-state index in [4.69, 9.17) is 0 Å². The fraction of sp³-hybridized carbons (Fsp3) is 0.308. The Morgan fingerprint density at radius 3 is 2.38 bits per heavy atom. The minimum absolute atomic E-state index is 0.862. The van der Waals surface area contributed by atoms with Crippen LogP contribution in [0.4, 0.5) is 5.82 Å². The minimum atomic E-state index is 0.862. The number of hydrazine groups is 1. The Hall–Kier alpha value is -1.61. The van der Waals surface area contributed by atoms with Gasteiger partial charge < -0.3 is 5.43 Å². The SMILES string of the molecule is CNNc1cc(C)c2c(C)ccc(C)c2n1. The molecule has 1 aromatic heterocycles. The van der Waals surface area contributed by atoms with Crippen molar-refractivity contribution in [2.45, 2.75) is 20.8 Å². The molecule has 0 atom stereocenters. The molecule has 2 aromatic rings. The van der Waals surface area contributed by atoms with Crippen molar-refractivity contribution in [3.8, 4) is 0 Å². The normalized spacial score (nSPS) is 10.8. The van der Waals surface area contributed by atoms with E-state index < -0.39 is 0 Å². The van der Waals surface area contributed by atoms with Gasteiger partial charge in [-0.3, -0.25) is 0 Å². The highest BCUT2D eigenvalue weighted by Crippen LogP contribution is 2.25. The molecule has 0 amide bonds. The van der Waals surface area contributed by atoms with Crippen molar-refractivity contribution in [2.75, 3.05) is 12.5 Å². The van der Waals surface area contributed by atoms with Crippen molar-refractivity contribution in [3.63, 3.8) is 0 Å². The standard InChI is InChI=1S/C13H17N3/c1-8-5-6-9(2)13-12(8)10(3)7-11(15-13)16-14-4/h5-7,14H,1-4H3,(H,15,16). The van der Waals surface area contributed by atoms with Crippen molar-refractivity contribution in [1.82, 2.24) is 10.4 Å². The molecule has 0 saturated carbocycles. The van der Waals surface area contributed by atoms with Gasteiger partial charge in [0.05, 0.1) is 5.52 Å². The van der Waals surface area contributed by atoms with Gasteiger partial charge in [0.2, 0.25) is 0 Å². The summed E-state index contributed by atoms with van der Waals surface area (Å²) in [5, 5.41) is 1.27. The van der Waals surface area contributed by atoms with Crippen molar-refractivity contribution in [1.29, 1.82) is 0 Å². The monoisotopic (exact) mass is 215 g/mol. The number of rotatable bonds is 2. The third-order valence-corrected chi connectivity index (χ3v) is 2.82. The van der Waals surface area contributed by atoms with Gasteiger partial charge in [0.25, 0.3) is 0 Å². The molecule has 1 heterocycles. The van der Waals surface area contributed by atoms with Crippen LogP contribution in [0.2, 0.25) is 0 Å². The maximum absolute atomic E-state index is 4.61. The zero-order chi connectivity index (χ0) is 11.7. The molecule has 0 unspecified atom stereocenters. The second kappa shape index (κ2) is 4.10. The Morgan fingerprint density at radius 1 is 1.00 bits per heavy atom. The molecule has 0 fully saturated rings. The molecule has 0 saturated heterocycles. The van der Waals surface area contributed by atoms with Crippen molar-refractivity contribution < 1.29 is 0 Å². The number of hydrogen-bond acceptors (Lipinski definition) is 3. The quantitative estimate of drug-likeness (QED) is 0.756. The van der Waals surface area contributed by atoms with Gasteiger partial charge in [-0.15, -0.1) is 0 Å². The molecule has 3 nitrogen and oxygen atoms in total. The molecule has 0 radical (unpaired) electrons. The first-order valence-electron chi connectivity index (χ1n) is 5.44. The summed E-state index contributed by atoms with van der Waals surface area (Å²) in [5.41, 5.74) is 10.7. The van der Waals surface area contributed by atoms with Gasteiger partial charge >= 0.3 is 0 Å². The van der Waals surface area contributed by atoms with Crippen LogP contribution in [0.1, 0.15) is 16.7 Å². The first-order chi connectivity index (χ1) is 7.63. The van der Waals surface area contributed by atoms with Gasteiger partial charge in [0.1, 0.15) is 5.82 Å². The topological polar surface area (TPSA) is 37.0 Å². The fourth-order valence-electron chi connectivity index (χ4n) is 2.06. The second-order valence-electron chi connectivity index (χ2n) is 4.12. The lowest BCUT2D eigenvalue weighted by Gasteiger charge is -2.11. The van der Waals surface area contributed by atoms with Gasteiger partial charge in [-0.1, -0.05) is 12.1 Å². The van der Waals surface area contributed by atoms with E-state index >= 15 is 0 Å². The lowest BCUT2D eigenvalue weighted by Crippen LogP contribution is -2.16. The van der Waals surface area contributed by atoms with Crippen LogP contribution in [0.25, 0.3) is 10.9 Å². The zero-order valence-corrected chi connectivity index (χ0v) is 10.2. The second-order valence-corrected chi connectivity index (χ2v) is 4.12. The highest BCUT2D eigenvalue weighted by atomic mass is 15.4. The summed E-state index contributed by atoms with van der Waals surface area (Å²) in [7, 11) is 1.84. The van der Waals surface area contributed by atoms with Crippen LogP contribution < -0.4 is 10.9 Å². The number of benzene rings is 1. The molecular weight excluding hydrogens is 198 g/mol. The van der Waals surface area contributed by atoms with Crippen LogP contribution in [-0.2, 0) is 0 Å². The Kier molecular flexibility index (Phi) is 2.79. The van der Waals surface area contributed by atoms with Crippen molar-refractivity contribution in [3.05, 3.63) is 34.9 Å². The average Bonchev–Trinajstić information content (AvgIpc) is 2.23. The first-order valence-corrected chi connectivity index (χ1v) is 5.44. The number of anilines is 1. The number of nitrogens with one attached hydrogen (secondary N) is 2. The minimum Gasteiger partial charge on any atom is -0.306 e. The summed E-state index contributed by atoms with van der Waals surface area (Å²) in [6, 6.07) is 6.33. The predicted octanol–water partition coefficient (Wildman–Crippen LogP) is 2.71. The molecule has 84 valence electrons. The van der Waals surface area contributed by atoms with Gasteiger partial charge in [0.15, 0.2) is 0 Å². The van der Waals surface area contributed by atoms with Gasteiger partial charge in [-0.2, -0.15) is 0 Å². The fourth-order valence-corrected chi connectivity index (χ4v) is 2.06. The van der Waals surface area contributed by atoms with E-state index in [1.165, 1.54) is 22.1 Å². The number of aryl methyl sites for hydroxylation is 3. The summed E-state index contributed by atoms with van der Waals surface area (Å²) in [6.07, 6.45) is 0. The molecule has 0 aliphatic heterocycles. The number of pyridine rings is 1. The van der Waals surface area contributed by atoms with Crippen LogP contribution in [0.3, 0.4) is 0 Å². The summed E-state index contributed by atoms with van der Waals surface area (Å²) < 4.78 is 0. The lowest BCUT2D eigenvalue weighted by molar-refractivity contribution is 0.968. The van der Waals surface area contributed by atoms with Crippen molar-refractivity contribution >= 4 is 16.7 Å². The maximum Gasteiger partial charge on any atom is 0.141 e. The lowest BCUT2D eigenvalue weighted by atomic mass is 10.0. The summed E-state index contributed by atoms with van der Waals surface area (Å²) in [5.74, 6) is 0.862. The van der Waals surface area contributed by atoms with Crippen LogP contribution in [0.15, 0.2) is 18.2 Å². The Labute approximate surface area is 95.9 Å². The third-order valence-electron chi connectivity index (χ3n) is 2.82. The van der Waals surface area contributed by atoms with Gasteiger partial charge in [0, 0.05) is 12.4 Å². The zero-order valence-electron chi connectivity index (χ0n) is 10.2. The number of nitrogens with zero attached hydrogens (tertiary/aromatic N) is 1. The molecule has 2 N–H and O–H groups in total. The van der Waals surface area contributed by atoms with Crippen LogP contribution in [-0.4, -0.2) is 12.0 Å². The maximum atomic E-state index is 4.61. The van der Waals surface area contributed by atoms with Crippen molar-refractivity contribution in [2.24, 2.45) is 0 Å².